The minimum absolute atomic E-state index is 0.518. The maximum atomic E-state index is 5.86. The molecule has 0 bridgehead atoms. The number of ether oxygens (including phenoxy) is 1. The highest BCUT2D eigenvalue weighted by Gasteiger charge is 2.03. The highest BCUT2D eigenvalue weighted by molar-refractivity contribution is 6.17. The Balaban J connectivity index is 1.90. The zero-order chi connectivity index (χ0) is 13.9. The third-order valence-corrected chi connectivity index (χ3v) is 3.55. The average Bonchev–Trinajstić information content (AvgIpc) is 2.47. The van der Waals surface area contributed by atoms with Crippen LogP contribution in [0.3, 0.4) is 0 Å². The van der Waals surface area contributed by atoms with Crippen LogP contribution in [-0.2, 0) is 5.88 Å². The molecule has 0 aliphatic carbocycles. The number of aryl methyl sites for hydroxylation is 1. The van der Waals surface area contributed by atoms with E-state index >= 15 is 0 Å². The molecule has 0 aliphatic rings. The molecule has 0 N–H and O–H groups in total. The van der Waals surface area contributed by atoms with E-state index in [1.54, 1.807) is 6.20 Å². The van der Waals surface area contributed by atoms with Gasteiger partial charge in [-0.2, -0.15) is 0 Å². The fourth-order valence-corrected chi connectivity index (χ4v) is 2.42. The van der Waals surface area contributed by atoms with E-state index in [1.165, 1.54) is 0 Å². The molecule has 100 valence electrons. The first-order valence-corrected chi connectivity index (χ1v) is 6.98. The van der Waals surface area contributed by atoms with Gasteiger partial charge in [-0.25, -0.2) is 0 Å². The van der Waals surface area contributed by atoms with Crippen LogP contribution in [0.25, 0.3) is 10.9 Å². The minimum atomic E-state index is 0.518. The van der Waals surface area contributed by atoms with Gasteiger partial charge in [0.25, 0.3) is 0 Å². The zero-order valence-corrected chi connectivity index (χ0v) is 11.9. The van der Waals surface area contributed by atoms with E-state index in [9.17, 15) is 0 Å². The summed E-state index contributed by atoms with van der Waals surface area (Å²) in [6.45, 7) is 2.03. The van der Waals surface area contributed by atoms with Crippen molar-refractivity contribution in [1.29, 1.82) is 0 Å². The molecule has 0 saturated carbocycles. The highest BCUT2D eigenvalue weighted by atomic mass is 35.5. The minimum Gasteiger partial charge on any atom is -0.456 e. The van der Waals surface area contributed by atoms with E-state index in [1.807, 2.05) is 55.5 Å². The molecule has 1 aromatic heterocycles. The smallest absolute Gasteiger partial charge is 0.146 e. The highest BCUT2D eigenvalue weighted by Crippen LogP contribution is 2.26. The molecule has 2 nitrogen and oxygen atoms in total. The van der Waals surface area contributed by atoms with E-state index in [2.05, 4.69) is 4.98 Å². The lowest BCUT2D eigenvalue weighted by molar-refractivity contribution is 0.481. The van der Waals surface area contributed by atoms with E-state index in [4.69, 9.17) is 16.3 Å². The van der Waals surface area contributed by atoms with Gasteiger partial charge in [-0.3, -0.25) is 4.98 Å². The van der Waals surface area contributed by atoms with Crippen molar-refractivity contribution >= 4 is 22.5 Å². The van der Waals surface area contributed by atoms with Crippen molar-refractivity contribution in [2.45, 2.75) is 12.8 Å². The van der Waals surface area contributed by atoms with E-state index in [-0.39, 0.29) is 0 Å². The number of alkyl halides is 1. The summed E-state index contributed by atoms with van der Waals surface area (Å²) >= 11 is 5.86. The van der Waals surface area contributed by atoms with Gasteiger partial charge in [-0.05, 0) is 42.3 Å². The zero-order valence-electron chi connectivity index (χ0n) is 11.1. The Bertz CT molecular complexity index is 755. The molecule has 3 heteroatoms. The molecule has 0 atom stereocenters. The van der Waals surface area contributed by atoms with Crippen LogP contribution in [0.4, 0.5) is 0 Å². The van der Waals surface area contributed by atoms with E-state index in [0.29, 0.717) is 5.88 Å². The largest absolute Gasteiger partial charge is 0.456 e. The number of fused-ring (bicyclic) bond motifs is 1. The summed E-state index contributed by atoms with van der Waals surface area (Å²) in [7, 11) is 0. The van der Waals surface area contributed by atoms with Crippen molar-refractivity contribution in [3.8, 4) is 11.5 Å². The Labute approximate surface area is 123 Å². The molecule has 20 heavy (non-hydrogen) atoms. The van der Waals surface area contributed by atoms with Crippen molar-refractivity contribution < 1.29 is 4.74 Å². The number of rotatable bonds is 3. The number of para-hydroxylation sites is 1. The van der Waals surface area contributed by atoms with Crippen LogP contribution in [0, 0.1) is 6.92 Å². The molecule has 0 amide bonds. The molecule has 0 unspecified atom stereocenters. The molecule has 0 fully saturated rings. The Hall–Kier alpha value is -2.06. The van der Waals surface area contributed by atoms with E-state index in [0.717, 1.165) is 33.5 Å². The number of halogens is 1. The lowest BCUT2D eigenvalue weighted by Crippen LogP contribution is -1.89. The van der Waals surface area contributed by atoms with E-state index < -0.39 is 0 Å². The van der Waals surface area contributed by atoms with Crippen LogP contribution in [0.15, 0.2) is 54.7 Å². The second-order valence-electron chi connectivity index (χ2n) is 4.69. The average molecular weight is 284 g/mol. The molecule has 1 heterocycles. The SMILES string of the molecule is Cc1cc(Oc2cnc3ccccc3c2)ccc1CCl. The molecule has 3 aromatic rings. The topological polar surface area (TPSA) is 22.1 Å². The maximum Gasteiger partial charge on any atom is 0.146 e. The normalized spacial score (nSPS) is 10.7. The van der Waals surface area contributed by atoms with Gasteiger partial charge < -0.3 is 4.74 Å². The molecular formula is C17H14ClNO. The molecule has 0 radical (unpaired) electrons. The number of hydrogen-bond acceptors (Lipinski definition) is 2. The summed E-state index contributed by atoms with van der Waals surface area (Å²) in [5, 5.41) is 1.07. The van der Waals surface area contributed by atoms with Crippen molar-refractivity contribution in [3.05, 3.63) is 65.9 Å². The summed E-state index contributed by atoms with van der Waals surface area (Å²) in [6.07, 6.45) is 1.74. The van der Waals surface area contributed by atoms with Gasteiger partial charge in [-0.15, -0.1) is 11.6 Å². The summed E-state index contributed by atoms with van der Waals surface area (Å²) in [4.78, 5) is 4.39. The number of benzene rings is 2. The van der Waals surface area contributed by atoms with Crippen molar-refractivity contribution in [2.75, 3.05) is 0 Å². The summed E-state index contributed by atoms with van der Waals surface area (Å²) in [5.41, 5.74) is 3.22. The monoisotopic (exact) mass is 283 g/mol. The predicted molar refractivity (Wildman–Crippen MR) is 82.6 cm³/mol. The number of hydrogen-bond donors (Lipinski definition) is 0. The summed E-state index contributed by atoms with van der Waals surface area (Å²) < 4.78 is 5.86. The first kappa shape index (κ1) is 12.9. The fraction of sp³-hybridized carbons (Fsp3) is 0.118. The lowest BCUT2D eigenvalue weighted by atomic mass is 10.1. The Morgan fingerprint density at radius 2 is 1.90 bits per heavy atom. The Morgan fingerprint density at radius 3 is 2.70 bits per heavy atom. The Morgan fingerprint density at radius 1 is 1.05 bits per heavy atom. The molecule has 0 aliphatic heterocycles. The third-order valence-electron chi connectivity index (χ3n) is 3.26. The van der Waals surface area contributed by atoms with Crippen LogP contribution < -0.4 is 4.74 Å². The number of aromatic nitrogens is 1. The summed E-state index contributed by atoms with van der Waals surface area (Å²) in [6, 6.07) is 15.9. The van der Waals surface area contributed by atoms with Gasteiger partial charge in [0.1, 0.15) is 11.5 Å². The standard InChI is InChI=1S/C17H14ClNO/c1-12-8-15(7-6-14(12)10-18)20-16-9-13-4-2-3-5-17(13)19-11-16/h2-9,11H,10H2,1H3. The molecule has 2 aromatic carbocycles. The van der Waals surface area contributed by atoms with Crippen LogP contribution >= 0.6 is 11.6 Å². The van der Waals surface area contributed by atoms with Crippen molar-refractivity contribution in [2.24, 2.45) is 0 Å². The van der Waals surface area contributed by atoms with Crippen LogP contribution in [0.5, 0.6) is 11.5 Å². The Kier molecular flexibility index (Phi) is 3.57. The lowest BCUT2D eigenvalue weighted by Gasteiger charge is -2.09. The van der Waals surface area contributed by atoms with Crippen molar-refractivity contribution in [3.63, 3.8) is 0 Å². The quantitative estimate of drug-likeness (QED) is 0.626. The number of pyridine rings is 1. The van der Waals surface area contributed by atoms with Crippen molar-refractivity contribution in [1.82, 2.24) is 4.98 Å². The molecule has 3 rings (SSSR count). The first-order chi connectivity index (χ1) is 9.76. The first-order valence-electron chi connectivity index (χ1n) is 6.44. The van der Waals surface area contributed by atoms with Gasteiger partial charge in [0, 0.05) is 11.3 Å². The van der Waals surface area contributed by atoms with Gasteiger partial charge in [0.05, 0.1) is 11.7 Å². The second-order valence-corrected chi connectivity index (χ2v) is 4.95. The third kappa shape index (κ3) is 2.61. The fourth-order valence-electron chi connectivity index (χ4n) is 2.12. The molecular weight excluding hydrogens is 270 g/mol. The van der Waals surface area contributed by atoms with Crippen LogP contribution in [-0.4, -0.2) is 4.98 Å². The van der Waals surface area contributed by atoms with Crippen LogP contribution in [0.2, 0.25) is 0 Å². The number of nitrogens with zero attached hydrogens (tertiary/aromatic N) is 1. The second kappa shape index (κ2) is 5.51. The molecule has 0 spiro atoms. The van der Waals surface area contributed by atoms with Gasteiger partial charge in [-0.1, -0.05) is 24.3 Å². The van der Waals surface area contributed by atoms with Gasteiger partial charge >= 0.3 is 0 Å². The van der Waals surface area contributed by atoms with Crippen LogP contribution in [0.1, 0.15) is 11.1 Å². The van der Waals surface area contributed by atoms with Gasteiger partial charge in [0.2, 0.25) is 0 Å². The molecule has 0 saturated heterocycles. The van der Waals surface area contributed by atoms with Gasteiger partial charge in [0.15, 0.2) is 0 Å². The predicted octanol–water partition coefficient (Wildman–Crippen LogP) is 5.07. The maximum absolute atomic E-state index is 5.86. The summed E-state index contributed by atoms with van der Waals surface area (Å²) in [5.74, 6) is 2.05.